The Bertz CT molecular complexity index is 416. The second-order valence-corrected chi connectivity index (χ2v) is 4.70. The predicted molar refractivity (Wildman–Crippen MR) is 69.2 cm³/mol. The van der Waals surface area contributed by atoms with Gasteiger partial charge in [0.05, 0.1) is 17.4 Å². The molecule has 1 fully saturated rings. The zero-order chi connectivity index (χ0) is 13.0. The summed E-state index contributed by atoms with van der Waals surface area (Å²) in [6.07, 6.45) is 5.13. The molecule has 2 rings (SSSR count). The highest BCUT2D eigenvalue weighted by Crippen LogP contribution is 2.18. The van der Waals surface area contributed by atoms with Crippen molar-refractivity contribution in [1.82, 2.24) is 9.88 Å². The quantitative estimate of drug-likeness (QED) is 0.873. The highest BCUT2D eigenvalue weighted by atomic mass is 16.5. The first-order valence-electron chi connectivity index (χ1n) is 6.21. The molecule has 0 spiro atoms. The standard InChI is InChI=1S/C13H19N3O2/c1-16(9-10-3-6-18-7-4-10)13(17)11-2-5-15-8-12(11)14/h2,5,8,10H,3-4,6-7,9,14H2,1H3. The predicted octanol–water partition coefficient (Wildman–Crippen LogP) is 1.16. The molecule has 0 atom stereocenters. The number of carbonyl (C=O) groups is 1. The van der Waals surface area contributed by atoms with Crippen molar-refractivity contribution < 1.29 is 9.53 Å². The second kappa shape index (κ2) is 5.82. The van der Waals surface area contributed by atoms with Gasteiger partial charge in [-0.3, -0.25) is 9.78 Å². The van der Waals surface area contributed by atoms with Crippen molar-refractivity contribution in [2.24, 2.45) is 5.92 Å². The largest absolute Gasteiger partial charge is 0.397 e. The molecular weight excluding hydrogens is 230 g/mol. The van der Waals surface area contributed by atoms with Gasteiger partial charge in [-0.05, 0) is 24.8 Å². The minimum Gasteiger partial charge on any atom is -0.397 e. The Balaban J connectivity index is 1.98. The Morgan fingerprint density at radius 1 is 1.56 bits per heavy atom. The van der Waals surface area contributed by atoms with E-state index < -0.39 is 0 Å². The van der Waals surface area contributed by atoms with Gasteiger partial charge >= 0.3 is 0 Å². The number of nitrogen functional groups attached to an aromatic ring is 1. The smallest absolute Gasteiger partial charge is 0.255 e. The van der Waals surface area contributed by atoms with Crippen molar-refractivity contribution in [3.8, 4) is 0 Å². The lowest BCUT2D eigenvalue weighted by atomic mass is 9.99. The fourth-order valence-electron chi connectivity index (χ4n) is 2.21. The van der Waals surface area contributed by atoms with Crippen LogP contribution >= 0.6 is 0 Å². The average Bonchev–Trinajstić information content (AvgIpc) is 2.39. The van der Waals surface area contributed by atoms with E-state index in [0.29, 0.717) is 17.2 Å². The van der Waals surface area contributed by atoms with E-state index in [1.165, 1.54) is 6.20 Å². The molecule has 0 saturated carbocycles. The van der Waals surface area contributed by atoms with Crippen LogP contribution in [0.2, 0.25) is 0 Å². The van der Waals surface area contributed by atoms with Gasteiger partial charge in [-0.2, -0.15) is 0 Å². The van der Waals surface area contributed by atoms with Crippen molar-refractivity contribution in [2.45, 2.75) is 12.8 Å². The van der Waals surface area contributed by atoms with E-state index in [1.54, 1.807) is 17.2 Å². The van der Waals surface area contributed by atoms with Crippen molar-refractivity contribution in [3.63, 3.8) is 0 Å². The molecule has 1 saturated heterocycles. The number of nitrogens with zero attached hydrogens (tertiary/aromatic N) is 2. The first-order valence-corrected chi connectivity index (χ1v) is 6.21. The van der Waals surface area contributed by atoms with Crippen LogP contribution in [0.3, 0.4) is 0 Å². The first kappa shape index (κ1) is 12.8. The number of carbonyl (C=O) groups excluding carboxylic acids is 1. The maximum absolute atomic E-state index is 12.2. The molecule has 0 aromatic carbocycles. The molecule has 0 bridgehead atoms. The van der Waals surface area contributed by atoms with Gasteiger partial charge in [-0.15, -0.1) is 0 Å². The highest BCUT2D eigenvalue weighted by Gasteiger charge is 2.20. The molecule has 5 heteroatoms. The zero-order valence-corrected chi connectivity index (χ0v) is 10.6. The van der Waals surface area contributed by atoms with Crippen LogP contribution in [0.1, 0.15) is 23.2 Å². The summed E-state index contributed by atoms with van der Waals surface area (Å²) in [5.41, 5.74) is 6.72. The Kier molecular flexibility index (Phi) is 4.15. The first-order chi connectivity index (χ1) is 8.68. The number of nitrogens with two attached hydrogens (primary N) is 1. The molecule has 2 N–H and O–H groups in total. The maximum atomic E-state index is 12.2. The fourth-order valence-corrected chi connectivity index (χ4v) is 2.21. The molecule has 0 unspecified atom stereocenters. The third-order valence-electron chi connectivity index (χ3n) is 3.30. The van der Waals surface area contributed by atoms with Crippen LogP contribution < -0.4 is 5.73 Å². The van der Waals surface area contributed by atoms with Gasteiger partial charge in [0.2, 0.25) is 0 Å². The van der Waals surface area contributed by atoms with Gasteiger partial charge in [0.25, 0.3) is 5.91 Å². The number of ether oxygens (including phenoxy) is 1. The van der Waals surface area contributed by atoms with Gasteiger partial charge in [-0.25, -0.2) is 0 Å². The molecular formula is C13H19N3O2. The number of hydrogen-bond acceptors (Lipinski definition) is 4. The molecule has 0 aliphatic carbocycles. The summed E-state index contributed by atoms with van der Waals surface area (Å²) >= 11 is 0. The van der Waals surface area contributed by atoms with Crippen LogP contribution in [-0.2, 0) is 4.74 Å². The summed E-state index contributed by atoms with van der Waals surface area (Å²) in [5.74, 6) is 0.483. The molecule has 2 heterocycles. The topological polar surface area (TPSA) is 68.5 Å². The van der Waals surface area contributed by atoms with E-state index in [4.69, 9.17) is 10.5 Å². The lowest BCUT2D eigenvalue weighted by Gasteiger charge is -2.27. The number of pyridine rings is 1. The lowest BCUT2D eigenvalue weighted by Crippen LogP contribution is -2.34. The van der Waals surface area contributed by atoms with E-state index in [-0.39, 0.29) is 5.91 Å². The van der Waals surface area contributed by atoms with Gasteiger partial charge in [0.15, 0.2) is 0 Å². The SMILES string of the molecule is CN(CC1CCOCC1)C(=O)c1ccncc1N. The Hall–Kier alpha value is -1.62. The number of rotatable bonds is 3. The summed E-state index contributed by atoms with van der Waals surface area (Å²) in [7, 11) is 1.82. The molecule has 1 aliphatic heterocycles. The molecule has 5 nitrogen and oxygen atoms in total. The highest BCUT2D eigenvalue weighted by molar-refractivity contribution is 5.98. The van der Waals surface area contributed by atoms with Crippen LogP contribution in [0, 0.1) is 5.92 Å². The van der Waals surface area contributed by atoms with Crippen LogP contribution in [0.25, 0.3) is 0 Å². The van der Waals surface area contributed by atoms with Gasteiger partial charge < -0.3 is 15.4 Å². The van der Waals surface area contributed by atoms with E-state index in [9.17, 15) is 4.79 Å². The normalized spacial score (nSPS) is 16.5. The molecule has 0 radical (unpaired) electrons. The number of hydrogen-bond donors (Lipinski definition) is 1. The van der Waals surface area contributed by atoms with E-state index in [0.717, 1.165) is 32.6 Å². The van der Waals surface area contributed by atoms with E-state index >= 15 is 0 Å². The monoisotopic (exact) mass is 249 g/mol. The minimum atomic E-state index is -0.0404. The molecule has 1 aromatic heterocycles. The summed E-state index contributed by atoms with van der Waals surface area (Å²) in [4.78, 5) is 17.9. The van der Waals surface area contributed by atoms with Crippen molar-refractivity contribution in [2.75, 3.05) is 32.5 Å². The average molecular weight is 249 g/mol. The van der Waals surface area contributed by atoms with Crippen molar-refractivity contribution >= 4 is 11.6 Å². The molecule has 1 aromatic rings. The fraction of sp³-hybridized carbons (Fsp3) is 0.538. The molecule has 18 heavy (non-hydrogen) atoms. The Labute approximate surface area is 107 Å². The van der Waals surface area contributed by atoms with Crippen LogP contribution in [0.4, 0.5) is 5.69 Å². The van der Waals surface area contributed by atoms with Gasteiger partial charge in [-0.1, -0.05) is 0 Å². The summed E-state index contributed by atoms with van der Waals surface area (Å²) in [6, 6.07) is 1.66. The maximum Gasteiger partial charge on any atom is 0.255 e. The van der Waals surface area contributed by atoms with Gasteiger partial charge in [0, 0.05) is 33.0 Å². The van der Waals surface area contributed by atoms with Crippen molar-refractivity contribution in [3.05, 3.63) is 24.0 Å². The van der Waals surface area contributed by atoms with Crippen molar-refractivity contribution in [1.29, 1.82) is 0 Å². The van der Waals surface area contributed by atoms with Crippen LogP contribution in [0.15, 0.2) is 18.5 Å². The summed E-state index contributed by atoms with van der Waals surface area (Å²) in [5, 5.41) is 0. The van der Waals surface area contributed by atoms with E-state index in [2.05, 4.69) is 4.98 Å². The zero-order valence-electron chi connectivity index (χ0n) is 10.6. The molecule has 1 amide bonds. The van der Waals surface area contributed by atoms with E-state index in [1.807, 2.05) is 7.05 Å². The Morgan fingerprint density at radius 3 is 2.94 bits per heavy atom. The number of amides is 1. The second-order valence-electron chi connectivity index (χ2n) is 4.70. The lowest BCUT2D eigenvalue weighted by molar-refractivity contribution is 0.0497. The number of anilines is 1. The summed E-state index contributed by atoms with van der Waals surface area (Å²) in [6.45, 7) is 2.35. The third-order valence-corrected chi connectivity index (χ3v) is 3.30. The third kappa shape index (κ3) is 2.98. The van der Waals surface area contributed by atoms with Crippen LogP contribution in [0.5, 0.6) is 0 Å². The molecule has 98 valence electrons. The van der Waals surface area contributed by atoms with Crippen LogP contribution in [-0.4, -0.2) is 42.6 Å². The Morgan fingerprint density at radius 2 is 2.28 bits per heavy atom. The minimum absolute atomic E-state index is 0.0404. The molecule has 1 aliphatic rings. The summed E-state index contributed by atoms with van der Waals surface area (Å²) < 4.78 is 5.31. The van der Waals surface area contributed by atoms with Gasteiger partial charge in [0.1, 0.15) is 0 Å². The number of aromatic nitrogens is 1.